The molecule has 0 bridgehead atoms. The fourth-order valence-corrected chi connectivity index (χ4v) is 2.61. The maximum atomic E-state index is 11.8. The fraction of sp³-hybridized carbons (Fsp3) is 0.231. The van der Waals surface area contributed by atoms with Gasteiger partial charge in [-0.2, -0.15) is 4.99 Å². The number of rotatable bonds is 3. The number of carbonyl (C=O) groups is 3. The Morgan fingerprint density at radius 2 is 2.05 bits per heavy atom. The van der Waals surface area contributed by atoms with E-state index in [0.29, 0.717) is 11.3 Å². The van der Waals surface area contributed by atoms with Crippen LogP contribution in [0.4, 0.5) is 0 Å². The van der Waals surface area contributed by atoms with Crippen LogP contribution in [0, 0.1) is 5.92 Å². The smallest absolute Gasteiger partial charge is 0.304 e. The van der Waals surface area contributed by atoms with E-state index in [9.17, 15) is 14.4 Å². The van der Waals surface area contributed by atoms with Crippen molar-refractivity contribution in [1.82, 2.24) is 5.32 Å². The average Bonchev–Trinajstić information content (AvgIpc) is 2.42. The predicted octanol–water partition coefficient (Wildman–Crippen LogP) is 1.14. The van der Waals surface area contributed by atoms with E-state index < -0.39 is 23.7 Å². The van der Waals surface area contributed by atoms with Crippen molar-refractivity contribution in [2.75, 3.05) is 5.75 Å². The first-order valence-corrected chi connectivity index (χ1v) is 6.88. The largest absolute Gasteiger partial charge is 0.481 e. The Balaban J connectivity index is 2.02. The molecule has 1 fully saturated rings. The first kappa shape index (κ1) is 14.3. The second-order valence-corrected chi connectivity index (χ2v) is 5.19. The molecular formula is C13H12N2O4S. The van der Waals surface area contributed by atoms with Crippen LogP contribution >= 0.6 is 11.8 Å². The van der Waals surface area contributed by atoms with Crippen molar-refractivity contribution in [2.45, 2.75) is 6.42 Å². The minimum absolute atomic E-state index is 0.213. The molecule has 104 valence electrons. The molecule has 1 heterocycles. The molecule has 0 aromatic heterocycles. The number of nitrogens with zero attached hydrogens (tertiary/aromatic N) is 1. The van der Waals surface area contributed by atoms with Crippen LogP contribution in [0.25, 0.3) is 0 Å². The van der Waals surface area contributed by atoms with Gasteiger partial charge in [-0.05, 0) is 12.1 Å². The van der Waals surface area contributed by atoms with Crippen LogP contribution in [-0.4, -0.2) is 33.8 Å². The van der Waals surface area contributed by atoms with Gasteiger partial charge in [-0.3, -0.25) is 14.4 Å². The van der Waals surface area contributed by atoms with Crippen LogP contribution in [-0.2, 0) is 9.59 Å². The standard InChI is InChI=1S/C13H12N2O4S/c16-10(17)6-9-7-20-13(15-12(9)19)14-11(18)8-4-2-1-3-5-8/h1-5,9H,6-7H2,(H,16,17)(H,14,15,18,19)/t9-/m1/s1. The molecule has 0 radical (unpaired) electrons. The molecule has 0 saturated carbocycles. The number of thioether (sulfide) groups is 1. The Kier molecular flexibility index (Phi) is 4.52. The van der Waals surface area contributed by atoms with E-state index in [4.69, 9.17) is 5.11 Å². The van der Waals surface area contributed by atoms with E-state index in [2.05, 4.69) is 10.3 Å². The summed E-state index contributed by atoms with van der Waals surface area (Å²) in [5.41, 5.74) is 0.433. The lowest BCUT2D eigenvalue weighted by molar-refractivity contribution is -0.140. The molecule has 1 saturated heterocycles. The molecule has 1 aromatic carbocycles. The van der Waals surface area contributed by atoms with Crippen LogP contribution in [0.15, 0.2) is 35.3 Å². The van der Waals surface area contributed by atoms with Gasteiger partial charge in [0.1, 0.15) is 0 Å². The molecule has 6 nitrogen and oxygen atoms in total. The van der Waals surface area contributed by atoms with E-state index in [0.717, 1.165) is 0 Å². The number of carboxylic acid groups (broad SMARTS) is 1. The van der Waals surface area contributed by atoms with Crippen LogP contribution in [0.5, 0.6) is 0 Å². The van der Waals surface area contributed by atoms with Crippen LogP contribution < -0.4 is 5.32 Å². The van der Waals surface area contributed by atoms with E-state index >= 15 is 0 Å². The SMILES string of the molecule is O=C(O)C[C@@H]1CSC(=NC(=O)c2ccccc2)NC1=O. The molecule has 2 amide bonds. The van der Waals surface area contributed by atoms with Crippen molar-refractivity contribution in [1.29, 1.82) is 0 Å². The van der Waals surface area contributed by atoms with Gasteiger partial charge in [0.05, 0.1) is 12.3 Å². The van der Waals surface area contributed by atoms with Crippen molar-refractivity contribution in [3.05, 3.63) is 35.9 Å². The van der Waals surface area contributed by atoms with Gasteiger partial charge in [0.25, 0.3) is 5.91 Å². The Morgan fingerprint density at radius 1 is 1.35 bits per heavy atom. The topological polar surface area (TPSA) is 95.8 Å². The van der Waals surface area contributed by atoms with Gasteiger partial charge in [0, 0.05) is 11.3 Å². The van der Waals surface area contributed by atoms with Gasteiger partial charge in [-0.15, -0.1) is 0 Å². The number of carboxylic acids is 1. The number of aliphatic carboxylic acids is 1. The molecule has 7 heteroatoms. The van der Waals surface area contributed by atoms with Crippen LogP contribution in [0.3, 0.4) is 0 Å². The lowest BCUT2D eigenvalue weighted by Crippen LogP contribution is -2.41. The number of amidine groups is 1. The van der Waals surface area contributed by atoms with Gasteiger partial charge in [-0.25, -0.2) is 0 Å². The van der Waals surface area contributed by atoms with E-state index in [1.54, 1.807) is 30.3 Å². The summed E-state index contributed by atoms with van der Waals surface area (Å²) in [6, 6.07) is 8.51. The van der Waals surface area contributed by atoms with Crippen molar-refractivity contribution < 1.29 is 19.5 Å². The zero-order valence-corrected chi connectivity index (χ0v) is 11.2. The van der Waals surface area contributed by atoms with Gasteiger partial charge >= 0.3 is 5.97 Å². The normalized spacial score (nSPS) is 20.5. The molecule has 2 rings (SSSR count). The van der Waals surface area contributed by atoms with Gasteiger partial charge < -0.3 is 10.4 Å². The maximum absolute atomic E-state index is 11.8. The quantitative estimate of drug-likeness (QED) is 0.871. The minimum atomic E-state index is -1.02. The Bertz CT molecular complexity index is 571. The third kappa shape index (κ3) is 3.67. The number of hydrogen-bond acceptors (Lipinski definition) is 4. The number of carbonyl (C=O) groups excluding carboxylic acids is 2. The number of aliphatic imine (C=N–C) groups is 1. The van der Waals surface area contributed by atoms with E-state index in [1.807, 2.05) is 0 Å². The molecule has 0 unspecified atom stereocenters. The summed E-state index contributed by atoms with van der Waals surface area (Å²) in [6.07, 6.45) is -0.223. The number of benzene rings is 1. The minimum Gasteiger partial charge on any atom is -0.481 e. The first-order valence-electron chi connectivity index (χ1n) is 5.90. The number of amides is 2. The molecule has 2 N–H and O–H groups in total. The summed E-state index contributed by atoms with van der Waals surface area (Å²) >= 11 is 1.17. The zero-order chi connectivity index (χ0) is 14.5. The number of nitrogens with one attached hydrogen (secondary N) is 1. The highest BCUT2D eigenvalue weighted by molar-refractivity contribution is 8.14. The molecule has 1 aliphatic heterocycles. The van der Waals surface area contributed by atoms with Crippen molar-refractivity contribution in [3.63, 3.8) is 0 Å². The Labute approximate surface area is 119 Å². The van der Waals surface area contributed by atoms with Crippen molar-refractivity contribution >= 4 is 34.7 Å². The molecule has 20 heavy (non-hydrogen) atoms. The van der Waals surface area contributed by atoms with E-state index in [-0.39, 0.29) is 11.6 Å². The van der Waals surface area contributed by atoms with Crippen LogP contribution in [0.2, 0.25) is 0 Å². The summed E-state index contributed by atoms with van der Waals surface area (Å²) in [5, 5.41) is 11.3. The summed E-state index contributed by atoms with van der Waals surface area (Å²) in [7, 11) is 0. The number of hydrogen-bond donors (Lipinski definition) is 2. The average molecular weight is 292 g/mol. The summed E-state index contributed by atoms with van der Waals surface area (Å²) in [5.74, 6) is -2.16. The maximum Gasteiger partial charge on any atom is 0.304 e. The third-order valence-electron chi connectivity index (χ3n) is 2.67. The lowest BCUT2D eigenvalue weighted by atomic mass is 10.1. The third-order valence-corrected chi connectivity index (χ3v) is 3.70. The summed E-state index contributed by atoms with van der Waals surface area (Å²) in [6.45, 7) is 0. The van der Waals surface area contributed by atoms with Gasteiger partial charge in [-0.1, -0.05) is 30.0 Å². The predicted molar refractivity (Wildman–Crippen MR) is 74.6 cm³/mol. The Hall–Kier alpha value is -2.15. The second kappa shape index (κ2) is 6.33. The first-order chi connectivity index (χ1) is 9.56. The second-order valence-electron chi connectivity index (χ2n) is 4.18. The van der Waals surface area contributed by atoms with E-state index in [1.165, 1.54) is 11.8 Å². The van der Waals surface area contributed by atoms with Gasteiger partial charge in [0.2, 0.25) is 5.91 Å². The molecule has 0 aliphatic carbocycles. The highest BCUT2D eigenvalue weighted by Crippen LogP contribution is 2.19. The molecule has 0 spiro atoms. The highest BCUT2D eigenvalue weighted by Gasteiger charge is 2.28. The monoisotopic (exact) mass is 292 g/mol. The summed E-state index contributed by atoms with van der Waals surface area (Å²) < 4.78 is 0. The molecule has 1 aliphatic rings. The zero-order valence-electron chi connectivity index (χ0n) is 10.4. The molecule has 1 aromatic rings. The highest BCUT2D eigenvalue weighted by atomic mass is 32.2. The van der Waals surface area contributed by atoms with Crippen LogP contribution in [0.1, 0.15) is 16.8 Å². The molecule has 1 atom stereocenters. The summed E-state index contributed by atoms with van der Waals surface area (Å²) in [4.78, 5) is 37.9. The fourth-order valence-electron chi connectivity index (χ4n) is 1.66. The lowest BCUT2D eigenvalue weighted by Gasteiger charge is -2.20. The van der Waals surface area contributed by atoms with Crippen molar-refractivity contribution in [3.8, 4) is 0 Å². The van der Waals surface area contributed by atoms with Crippen molar-refractivity contribution in [2.24, 2.45) is 10.9 Å². The van der Waals surface area contributed by atoms with Gasteiger partial charge in [0.15, 0.2) is 5.17 Å². The Morgan fingerprint density at radius 3 is 2.65 bits per heavy atom. The molecular weight excluding hydrogens is 280 g/mol.